The number of nitrogens with zero attached hydrogens (tertiary/aromatic N) is 1. The highest BCUT2D eigenvalue weighted by atomic mass is 16.6. The largest absolute Gasteiger partial charge is 0.449 e. The van der Waals surface area contributed by atoms with Crippen LogP contribution in [0, 0.1) is 5.92 Å². The van der Waals surface area contributed by atoms with Crippen LogP contribution in [0.15, 0.2) is 0 Å². The number of carbonyl (C=O) groups is 1. The Balaban J connectivity index is 1.96. The quantitative estimate of drug-likeness (QED) is 0.719. The van der Waals surface area contributed by atoms with Crippen LogP contribution in [-0.2, 0) is 4.74 Å². The van der Waals surface area contributed by atoms with Crippen LogP contribution in [0.2, 0.25) is 0 Å². The second-order valence-corrected chi connectivity index (χ2v) is 4.27. The zero-order chi connectivity index (χ0) is 9.97. The standard InChI is InChI=1S/C10H18N2O2/c11-5-8-6-12(10(13)14-7-8)9-3-1-2-4-9/h8-9H,1-7,11H2. The topological polar surface area (TPSA) is 55.6 Å². The lowest BCUT2D eigenvalue weighted by molar-refractivity contribution is 0.0294. The molecule has 0 aromatic heterocycles. The van der Waals surface area contributed by atoms with Crippen molar-refractivity contribution in [2.45, 2.75) is 31.7 Å². The maximum Gasteiger partial charge on any atom is 0.410 e. The van der Waals surface area contributed by atoms with Crippen LogP contribution < -0.4 is 5.73 Å². The summed E-state index contributed by atoms with van der Waals surface area (Å²) in [4.78, 5) is 13.4. The average Bonchev–Trinajstić information content (AvgIpc) is 2.71. The molecule has 4 nitrogen and oxygen atoms in total. The Morgan fingerprint density at radius 2 is 2.14 bits per heavy atom. The van der Waals surface area contributed by atoms with Crippen LogP contribution >= 0.6 is 0 Å². The van der Waals surface area contributed by atoms with E-state index in [2.05, 4.69) is 0 Å². The normalized spacial score (nSPS) is 29.4. The van der Waals surface area contributed by atoms with Crippen molar-refractivity contribution in [3.05, 3.63) is 0 Å². The molecule has 1 saturated carbocycles. The summed E-state index contributed by atoms with van der Waals surface area (Å²) in [6, 6.07) is 0.414. The van der Waals surface area contributed by atoms with Gasteiger partial charge in [0.05, 0.1) is 6.61 Å². The number of nitrogens with two attached hydrogens (primary N) is 1. The van der Waals surface area contributed by atoms with Gasteiger partial charge in [0.1, 0.15) is 0 Å². The number of amides is 1. The molecule has 1 atom stereocenters. The number of carbonyl (C=O) groups excluding carboxylic acids is 1. The van der Waals surface area contributed by atoms with Crippen molar-refractivity contribution in [1.29, 1.82) is 0 Å². The highest BCUT2D eigenvalue weighted by Gasteiger charge is 2.33. The summed E-state index contributed by atoms with van der Waals surface area (Å²) < 4.78 is 5.11. The highest BCUT2D eigenvalue weighted by Crippen LogP contribution is 2.26. The molecule has 2 fully saturated rings. The van der Waals surface area contributed by atoms with Gasteiger partial charge in [0.25, 0.3) is 0 Å². The van der Waals surface area contributed by atoms with Crippen LogP contribution in [0.3, 0.4) is 0 Å². The Labute approximate surface area is 84.4 Å². The Kier molecular flexibility index (Phi) is 2.91. The minimum absolute atomic E-state index is 0.137. The Bertz CT molecular complexity index is 214. The first-order chi connectivity index (χ1) is 6.81. The summed E-state index contributed by atoms with van der Waals surface area (Å²) in [5, 5.41) is 0. The molecule has 1 aliphatic heterocycles. The van der Waals surface area contributed by atoms with E-state index in [1.807, 2.05) is 4.90 Å². The zero-order valence-corrected chi connectivity index (χ0v) is 8.45. The van der Waals surface area contributed by atoms with Gasteiger partial charge in [-0.3, -0.25) is 0 Å². The molecule has 1 unspecified atom stereocenters. The first-order valence-electron chi connectivity index (χ1n) is 5.44. The highest BCUT2D eigenvalue weighted by molar-refractivity contribution is 5.68. The molecule has 1 saturated heterocycles. The summed E-state index contributed by atoms with van der Waals surface area (Å²) in [6.45, 7) is 1.90. The van der Waals surface area contributed by atoms with E-state index in [-0.39, 0.29) is 6.09 Å². The van der Waals surface area contributed by atoms with Crippen LogP contribution in [-0.4, -0.2) is 36.7 Å². The maximum absolute atomic E-state index is 11.5. The fourth-order valence-corrected chi connectivity index (χ4v) is 2.33. The van der Waals surface area contributed by atoms with Gasteiger partial charge in [-0.2, -0.15) is 0 Å². The van der Waals surface area contributed by atoms with Gasteiger partial charge in [-0.15, -0.1) is 0 Å². The fraction of sp³-hybridized carbons (Fsp3) is 0.900. The number of rotatable bonds is 2. The number of hydrogen-bond acceptors (Lipinski definition) is 3. The van der Waals surface area contributed by atoms with E-state index in [4.69, 9.17) is 10.5 Å². The van der Waals surface area contributed by atoms with Gasteiger partial charge in [-0.05, 0) is 12.8 Å². The molecule has 0 spiro atoms. The molecular weight excluding hydrogens is 180 g/mol. The Morgan fingerprint density at radius 3 is 2.79 bits per heavy atom. The van der Waals surface area contributed by atoms with Crippen LogP contribution in [0.5, 0.6) is 0 Å². The lowest BCUT2D eigenvalue weighted by atomic mass is 10.1. The predicted molar refractivity (Wildman–Crippen MR) is 52.9 cm³/mol. The third kappa shape index (κ3) is 1.85. The van der Waals surface area contributed by atoms with E-state index >= 15 is 0 Å². The van der Waals surface area contributed by atoms with Crippen molar-refractivity contribution < 1.29 is 9.53 Å². The van der Waals surface area contributed by atoms with E-state index in [9.17, 15) is 4.79 Å². The van der Waals surface area contributed by atoms with Gasteiger partial charge in [0.2, 0.25) is 0 Å². The van der Waals surface area contributed by atoms with Crippen molar-refractivity contribution in [2.75, 3.05) is 19.7 Å². The van der Waals surface area contributed by atoms with Gasteiger partial charge in [0.15, 0.2) is 0 Å². The number of ether oxygens (including phenoxy) is 1. The SMILES string of the molecule is NCC1COC(=O)N(C2CCCC2)C1. The number of hydrogen-bond donors (Lipinski definition) is 1. The lowest BCUT2D eigenvalue weighted by Crippen LogP contribution is -2.49. The first-order valence-corrected chi connectivity index (χ1v) is 5.44. The lowest BCUT2D eigenvalue weighted by Gasteiger charge is -2.35. The minimum Gasteiger partial charge on any atom is -0.449 e. The van der Waals surface area contributed by atoms with E-state index in [0.29, 0.717) is 25.1 Å². The van der Waals surface area contributed by atoms with Gasteiger partial charge in [0, 0.05) is 25.0 Å². The Morgan fingerprint density at radius 1 is 1.43 bits per heavy atom. The molecule has 2 N–H and O–H groups in total. The maximum atomic E-state index is 11.5. The predicted octanol–water partition coefficient (Wildman–Crippen LogP) is 0.956. The monoisotopic (exact) mass is 198 g/mol. The molecule has 1 aliphatic carbocycles. The van der Waals surface area contributed by atoms with E-state index < -0.39 is 0 Å². The molecular formula is C10H18N2O2. The third-order valence-corrected chi connectivity index (χ3v) is 3.23. The smallest absolute Gasteiger partial charge is 0.410 e. The van der Waals surface area contributed by atoms with Crippen molar-refractivity contribution >= 4 is 6.09 Å². The molecule has 4 heteroatoms. The van der Waals surface area contributed by atoms with E-state index in [0.717, 1.165) is 19.4 Å². The third-order valence-electron chi connectivity index (χ3n) is 3.23. The fourth-order valence-electron chi connectivity index (χ4n) is 2.33. The van der Waals surface area contributed by atoms with Crippen LogP contribution in [0.4, 0.5) is 4.79 Å². The van der Waals surface area contributed by atoms with Crippen LogP contribution in [0.25, 0.3) is 0 Å². The Hall–Kier alpha value is -0.770. The molecule has 0 aromatic rings. The molecule has 14 heavy (non-hydrogen) atoms. The summed E-state index contributed by atoms with van der Waals surface area (Å²) >= 11 is 0. The molecule has 2 aliphatic rings. The van der Waals surface area contributed by atoms with Gasteiger partial charge in [-0.1, -0.05) is 12.8 Å². The molecule has 1 amide bonds. The van der Waals surface area contributed by atoms with E-state index in [1.165, 1.54) is 12.8 Å². The van der Waals surface area contributed by atoms with Crippen molar-refractivity contribution in [2.24, 2.45) is 11.7 Å². The van der Waals surface area contributed by atoms with Gasteiger partial charge >= 0.3 is 6.09 Å². The van der Waals surface area contributed by atoms with Crippen molar-refractivity contribution in [3.63, 3.8) is 0 Å². The minimum atomic E-state index is -0.137. The molecule has 0 radical (unpaired) electrons. The zero-order valence-electron chi connectivity index (χ0n) is 8.45. The molecule has 2 rings (SSSR count). The second-order valence-electron chi connectivity index (χ2n) is 4.27. The summed E-state index contributed by atoms with van der Waals surface area (Å²) in [5.41, 5.74) is 5.59. The van der Waals surface area contributed by atoms with Crippen molar-refractivity contribution in [1.82, 2.24) is 4.90 Å². The second kappa shape index (κ2) is 4.17. The molecule has 1 heterocycles. The van der Waals surface area contributed by atoms with Crippen LogP contribution in [0.1, 0.15) is 25.7 Å². The molecule has 0 aromatic carbocycles. The summed E-state index contributed by atoms with van der Waals surface area (Å²) in [7, 11) is 0. The summed E-state index contributed by atoms with van der Waals surface area (Å²) in [6.07, 6.45) is 4.60. The number of cyclic esters (lactones) is 1. The first kappa shape index (κ1) is 9.77. The molecule has 80 valence electrons. The van der Waals surface area contributed by atoms with Gasteiger partial charge < -0.3 is 15.4 Å². The van der Waals surface area contributed by atoms with E-state index in [1.54, 1.807) is 0 Å². The van der Waals surface area contributed by atoms with Gasteiger partial charge in [-0.25, -0.2) is 4.79 Å². The van der Waals surface area contributed by atoms with Crippen molar-refractivity contribution in [3.8, 4) is 0 Å². The molecule has 0 bridgehead atoms. The average molecular weight is 198 g/mol. The summed E-state index contributed by atoms with van der Waals surface area (Å²) in [5.74, 6) is 0.327.